The summed E-state index contributed by atoms with van der Waals surface area (Å²) in [5.74, 6) is -0.0592. The largest absolute Gasteiger partial charge is 0.462 e. The zero-order valence-electron chi connectivity index (χ0n) is 18.7. The maximum absolute atomic E-state index is 13.7. The third kappa shape index (κ3) is 7.70. The van der Waals surface area contributed by atoms with E-state index in [0.717, 1.165) is 0 Å². The monoisotopic (exact) mass is 451 g/mol. The van der Waals surface area contributed by atoms with Gasteiger partial charge >= 0.3 is 6.18 Å². The highest BCUT2D eigenvalue weighted by atomic mass is 35.5. The van der Waals surface area contributed by atoms with E-state index >= 15 is 0 Å². The third-order valence-corrected chi connectivity index (χ3v) is 4.80. The number of hydrogen-bond acceptors (Lipinski definition) is 5. The number of ether oxygens (including phenoxy) is 1. The summed E-state index contributed by atoms with van der Waals surface area (Å²) in [7, 11) is 1.60. The van der Waals surface area contributed by atoms with Crippen LogP contribution in [0.15, 0.2) is 35.8 Å². The SMILES string of the molecule is C=CC1=C(N/C(=C\C(=N)Cl)C(C)CC)C(C)(C(F)(F)F)CN1C.CC(C)(C)OC=O. The standard InChI is InChI=1S/C16H23ClF3N3.C5H10O2/c1-6-10(3)11(8-13(17)21)22-14-12(7-2)23(5)9-15(14,4)16(18,19)20;1-5(2,3)7-4-6/h7-8,10,21-22H,2,6,9H2,1,3-5H3;4H,1-3H3/b11-8-,21-13?;. The zero-order valence-corrected chi connectivity index (χ0v) is 19.5. The number of alkyl halides is 3. The van der Waals surface area contributed by atoms with Gasteiger partial charge in [-0.05, 0) is 52.2 Å². The van der Waals surface area contributed by atoms with Crippen LogP contribution in [0.2, 0.25) is 0 Å². The minimum absolute atomic E-state index is 0.0481. The van der Waals surface area contributed by atoms with Crippen LogP contribution in [0, 0.1) is 16.7 Å². The van der Waals surface area contributed by atoms with Crippen molar-refractivity contribution in [2.75, 3.05) is 13.6 Å². The fourth-order valence-electron chi connectivity index (χ4n) is 2.75. The maximum Gasteiger partial charge on any atom is 0.401 e. The molecule has 0 saturated heterocycles. The van der Waals surface area contributed by atoms with Crippen molar-refractivity contribution in [1.29, 1.82) is 5.41 Å². The van der Waals surface area contributed by atoms with Crippen LogP contribution in [0.25, 0.3) is 0 Å². The molecular weight excluding hydrogens is 419 g/mol. The first kappa shape index (κ1) is 28.0. The van der Waals surface area contributed by atoms with E-state index < -0.39 is 11.6 Å². The first-order chi connectivity index (χ1) is 13.5. The van der Waals surface area contributed by atoms with Gasteiger partial charge in [-0.1, -0.05) is 32.0 Å². The Morgan fingerprint density at radius 2 is 1.97 bits per heavy atom. The second kappa shape index (κ2) is 10.9. The first-order valence-corrected chi connectivity index (χ1v) is 9.91. The van der Waals surface area contributed by atoms with E-state index in [1.807, 2.05) is 34.6 Å². The molecule has 0 aromatic carbocycles. The second-order valence-electron chi connectivity index (χ2n) is 8.36. The van der Waals surface area contributed by atoms with Crippen LogP contribution in [0.1, 0.15) is 48.0 Å². The topological polar surface area (TPSA) is 65.4 Å². The van der Waals surface area contributed by atoms with Crippen LogP contribution in [0.4, 0.5) is 13.2 Å². The molecular formula is C21H33ClF3N3O2. The summed E-state index contributed by atoms with van der Waals surface area (Å²) in [5, 5.41) is 10.1. The number of rotatable bonds is 7. The fraction of sp³-hybridized carbons (Fsp3) is 0.619. The van der Waals surface area contributed by atoms with E-state index in [1.54, 1.807) is 7.05 Å². The highest BCUT2D eigenvalue weighted by Gasteiger charge is 2.58. The van der Waals surface area contributed by atoms with Crippen LogP contribution in [0.3, 0.4) is 0 Å². The average molecular weight is 452 g/mol. The molecule has 1 rings (SSSR count). The zero-order chi connectivity index (χ0) is 23.9. The molecule has 9 heteroatoms. The summed E-state index contributed by atoms with van der Waals surface area (Å²) in [4.78, 5) is 11.1. The molecule has 0 aromatic heterocycles. The molecule has 0 spiro atoms. The molecule has 0 amide bonds. The average Bonchev–Trinajstić information content (AvgIpc) is 2.83. The Hall–Kier alpha value is -1.96. The number of nitrogens with zero attached hydrogens (tertiary/aromatic N) is 1. The Labute approximate surface area is 182 Å². The minimum Gasteiger partial charge on any atom is -0.462 e. The second-order valence-corrected chi connectivity index (χ2v) is 8.77. The van der Waals surface area contributed by atoms with E-state index in [4.69, 9.17) is 17.0 Å². The van der Waals surface area contributed by atoms with Crippen molar-refractivity contribution >= 4 is 23.2 Å². The minimum atomic E-state index is -4.41. The highest BCUT2D eigenvalue weighted by molar-refractivity contribution is 6.67. The molecule has 0 bridgehead atoms. The molecule has 0 fully saturated rings. The van der Waals surface area contributed by atoms with Crippen LogP contribution in [-0.2, 0) is 9.53 Å². The molecule has 1 aliphatic heterocycles. The number of carbonyl (C=O) groups is 1. The summed E-state index contributed by atoms with van der Waals surface area (Å²) < 4.78 is 45.5. The van der Waals surface area contributed by atoms with Crippen molar-refractivity contribution in [3.8, 4) is 0 Å². The van der Waals surface area contributed by atoms with Gasteiger partial charge in [0.2, 0.25) is 0 Å². The van der Waals surface area contributed by atoms with Crippen LogP contribution >= 0.6 is 11.6 Å². The van der Waals surface area contributed by atoms with Gasteiger partial charge in [0.05, 0.1) is 11.4 Å². The quantitative estimate of drug-likeness (QED) is 0.391. The highest BCUT2D eigenvalue weighted by Crippen LogP contribution is 2.49. The summed E-state index contributed by atoms with van der Waals surface area (Å²) in [6.45, 7) is 14.3. The summed E-state index contributed by atoms with van der Waals surface area (Å²) in [6, 6.07) is 0. The third-order valence-electron chi connectivity index (χ3n) is 4.69. The number of likely N-dealkylation sites (N-methyl/N-ethyl adjacent to an activating group) is 1. The number of hydrogen-bond donors (Lipinski definition) is 2. The van der Waals surface area contributed by atoms with Gasteiger partial charge in [0.15, 0.2) is 0 Å². The predicted octanol–water partition coefficient (Wildman–Crippen LogP) is 5.59. The lowest BCUT2D eigenvalue weighted by Gasteiger charge is -2.32. The summed E-state index contributed by atoms with van der Waals surface area (Å²) in [5.41, 5.74) is -1.41. The number of carbonyl (C=O) groups excluding carboxylic acids is 1. The van der Waals surface area contributed by atoms with Crippen molar-refractivity contribution in [2.24, 2.45) is 11.3 Å². The Bertz CT molecular complexity index is 697. The van der Waals surface area contributed by atoms with Crippen molar-refractivity contribution in [3.63, 3.8) is 0 Å². The summed E-state index contributed by atoms with van der Waals surface area (Å²) in [6.07, 6.45) is -0.931. The van der Waals surface area contributed by atoms with E-state index in [0.29, 0.717) is 24.3 Å². The van der Waals surface area contributed by atoms with Gasteiger partial charge in [0.25, 0.3) is 6.47 Å². The molecule has 0 saturated carbocycles. The van der Waals surface area contributed by atoms with Gasteiger partial charge < -0.3 is 15.0 Å². The normalized spacial score (nSPS) is 20.9. The molecule has 1 heterocycles. The lowest BCUT2D eigenvalue weighted by atomic mass is 9.86. The van der Waals surface area contributed by atoms with Gasteiger partial charge in [0.1, 0.15) is 16.2 Å². The molecule has 30 heavy (non-hydrogen) atoms. The van der Waals surface area contributed by atoms with Gasteiger partial charge in [0, 0.05) is 19.3 Å². The first-order valence-electron chi connectivity index (χ1n) is 9.53. The van der Waals surface area contributed by atoms with Crippen molar-refractivity contribution in [3.05, 3.63) is 35.8 Å². The summed E-state index contributed by atoms with van der Waals surface area (Å²) >= 11 is 5.62. The van der Waals surface area contributed by atoms with E-state index in [1.165, 1.54) is 24.0 Å². The van der Waals surface area contributed by atoms with Crippen molar-refractivity contribution in [2.45, 2.75) is 59.7 Å². The molecule has 1 aliphatic rings. The van der Waals surface area contributed by atoms with Gasteiger partial charge in [-0.3, -0.25) is 10.2 Å². The number of nitrogens with one attached hydrogen (secondary N) is 2. The molecule has 2 unspecified atom stereocenters. The predicted molar refractivity (Wildman–Crippen MR) is 115 cm³/mol. The fourth-order valence-corrected chi connectivity index (χ4v) is 2.87. The van der Waals surface area contributed by atoms with E-state index in [2.05, 4.69) is 16.6 Å². The Morgan fingerprint density at radius 3 is 2.27 bits per heavy atom. The van der Waals surface area contributed by atoms with E-state index in [-0.39, 0.29) is 28.9 Å². The number of halogens is 4. The van der Waals surface area contributed by atoms with Crippen molar-refractivity contribution in [1.82, 2.24) is 10.2 Å². The molecule has 5 nitrogen and oxygen atoms in total. The van der Waals surface area contributed by atoms with Gasteiger partial charge in [-0.15, -0.1) is 0 Å². The molecule has 0 aliphatic carbocycles. The van der Waals surface area contributed by atoms with Crippen molar-refractivity contribution < 1.29 is 22.7 Å². The Morgan fingerprint density at radius 1 is 1.43 bits per heavy atom. The van der Waals surface area contributed by atoms with Gasteiger partial charge in [-0.2, -0.15) is 13.2 Å². The molecule has 172 valence electrons. The van der Waals surface area contributed by atoms with Crippen LogP contribution in [0.5, 0.6) is 0 Å². The van der Waals surface area contributed by atoms with Crippen LogP contribution in [-0.4, -0.2) is 41.9 Å². The molecule has 0 radical (unpaired) electrons. The Kier molecular flexibility index (Phi) is 10.2. The smallest absolute Gasteiger partial charge is 0.401 e. The lowest BCUT2D eigenvalue weighted by molar-refractivity contribution is -0.203. The van der Waals surface area contributed by atoms with Crippen LogP contribution < -0.4 is 5.32 Å². The maximum atomic E-state index is 13.7. The molecule has 2 N–H and O–H groups in total. The van der Waals surface area contributed by atoms with E-state index in [9.17, 15) is 18.0 Å². The van der Waals surface area contributed by atoms with Gasteiger partial charge in [-0.25, -0.2) is 0 Å². The molecule has 2 atom stereocenters. The lowest BCUT2D eigenvalue weighted by Crippen LogP contribution is -2.43. The number of allylic oxidation sites excluding steroid dienone is 3. The Balaban J connectivity index is 0.00000103. The molecule has 0 aromatic rings.